The van der Waals surface area contributed by atoms with E-state index >= 15 is 0 Å². The van der Waals surface area contributed by atoms with E-state index in [1.807, 2.05) is 6.07 Å². The fraction of sp³-hybridized carbons (Fsp3) is 0.364. The third kappa shape index (κ3) is 3.64. The Hall–Kier alpha value is -1.47. The van der Waals surface area contributed by atoms with Crippen molar-refractivity contribution >= 4 is 0 Å². The largest absolute Gasteiger partial charge is 0.296 e. The van der Waals surface area contributed by atoms with Gasteiger partial charge in [-0.15, -0.1) is 0 Å². The van der Waals surface area contributed by atoms with Crippen molar-refractivity contribution in [2.24, 2.45) is 0 Å². The van der Waals surface area contributed by atoms with Gasteiger partial charge in [-0.2, -0.15) is 5.26 Å². The Bertz CT molecular complexity index is 358. The lowest BCUT2D eigenvalue weighted by atomic mass is 10.1. The van der Waals surface area contributed by atoms with Gasteiger partial charge in [-0.25, -0.2) is 8.78 Å². The van der Waals surface area contributed by atoms with Crippen molar-refractivity contribution in [1.29, 1.82) is 5.26 Å². The smallest absolute Gasteiger partial charge is 0.251 e. The quantitative estimate of drug-likeness (QED) is 0.762. The fourth-order valence-electron chi connectivity index (χ4n) is 1.36. The van der Waals surface area contributed by atoms with Crippen molar-refractivity contribution in [3.05, 3.63) is 35.4 Å². The normalized spacial score (nSPS) is 10.7. The number of nitriles is 1. The molecule has 0 heterocycles. The average Bonchev–Trinajstić information content (AvgIpc) is 2.17. The van der Waals surface area contributed by atoms with Crippen LogP contribution in [0.25, 0.3) is 0 Å². The molecule has 0 atom stereocenters. The first kappa shape index (κ1) is 11.6. The van der Waals surface area contributed by atoms with E-state index in [2.05, 4.69) is 0 Å². The number of hydrogen-bond acceptors (Lipinski definition) is 2. The van der Waals surface area contributed by atoms with Crippen LogP contribution in [0.2, 0.25) is 0 Å². The highest BCUT2D eigenvalue weighted by atomic mass is 19.3. The van der Waals surface area contributed by atoms with E-state index in [1.54, 1.807) is 31.3 Å². The molecule has 0 spiro atoms. The summed E-state index contributed by atoms with van der Waals surface area (Å²) in [5.74, 6) is 0. The van der Waals surface area contributed by atoms with Crippen LogP contribution in [0.5, 0.6) is 0 Å². The van der Waals surface area contributed by atoms with Gasteiger partial charge in [0.25, 0.3) is 6.43 Å². The molecule has 0 aliphatic rings. The summed E-state index contributed by atoms with van der Waals surface area (Å²) < 4.78 is 24.1. The third-order valence-corrected chi connectivity index (χ3v) is 2.03. The highest BCUT2D eigenvalue weighted by Crippen LogP contribution is 2.10. The molecular weight excluding hydrogens is 198 g/mol. The van der Waals surface area contributed by atoms with Crippen LogP contribution in [-0.2, 0) is 6.54 Å². The Morgan fingerprint density at radius 2 is 2.07 bits per heavy atom. The minimum absolute atomic E-state index is 0.278. The number of halogens is 2. The maximum Gasteiger partial charge on any atom is 0.251 e. The predicted molar refractivity (Wildman–Crippen MR) is 53.5 cm³/mol. The number of benzene rings is 1. The Labute approximate surface area is 87.7 Å². The SMILES string of the molecule is CN(Cc1ccccc1C#N)CC(F)F. The second kappa shape index (κ2) is 5.42. The van der Waals surface area contributed by atoms with Crippen LogP contribution in [0.15, 0.2) is 24.3 Å². The summed E-state index contributed by atoms with van der Waals surface area (Å²) >= 11 is 0. The molecule has 1 aromatic rings. The van der Waals surface area contributed by atoms with Crippen LogP contribution in [0, 0.1) is 11.3 Å². The van der Waals surface area contributed by atoms with Crippen LogP contribution in [-0.4, -0.2) is 24.9 Å². The molecule has 0 saturated heterocycles. The summed E-state index contributed by atoms with van der Waals surface area (Å²) in [6.07, 6.45) is -2.34. The molecule has 4 heteroatoms. The van der Waals surface area contributed by atoms with Crippen molar-refractivity contribution in [3.63, 3.8) is 0 Å². The maximum absolute atomic E-state index is 12.1. The first-order valence-electron chi connectivity index (χ1n) is 4.58. The Morgan fingerprint density at radius 3 is 2.67 bits per heavy atom. The van der Waals surface area contributed by atoms with Crippen molar-refractivity contribution in [2.45, 2.75) is 13.0 Å². The molecule has 80 valence electrons. The molecule has 0 amide bonds. The number of nitrogens with zero attached hydrogens (tertiary/aromatic N) is 2. The second-order valence-electron chi connectivity index (χ2n) is 3.36. The van der Waals surface area contributed by atoms with Crippen molar-refractivity contribution in [3.8, 4) is 6.07 Å². The van der Waals surface area contributed by atoms with Crippen molar-refractivity contribution in [2.75, 3.05) is 13.6 Å². The van der Waals surface area contributed by atoms with E-state index in [4.69, 9.17) is 5.26 Å². The van der Waals surface area contributed by atoms with Crippen LogP contribution in [0.4, 0.5) is 8.78 Å². The first-order chi connectivity index (χ1) is 7.13. The van der Waals surface area contributed by atoms with E-state index in [-0.39, 0.29) is 6.54 Å². The Balaban J connectivity index is 2.68. The molecule has 15 heavy (non-hydrogen) atoms. The molecule has 0 unspecified atom stereocenters. The summed E-state index contributed by atoms with van der Waals surface area (Å²) in [5, 5.41) is 8.80. The van der Waals surface area contributed by atoms with Crippen LogP contribution in [0.1, 0.15) is 11.1 Å². The topological polar surface area (TPSA) is 27.0 Å². The molecule has 0 aromatic heterocycles. The summed E-state index contributed by atoms with van der Waals surface area (Å²) in [5.41, 5.74) is 1.32. The fourth-order valence-corrected chi connectivity index (χ4v) is 1.36. The molecular formula is C11H12F2N2. The summed E-state index contributed by atoms with van der Waals surface area (Å²) in [6.45, 7) is 0.0911. The van der Waals surface area contributed by atoms with Gasteiger partial charge in [-0.3, -0.25) is 4.90 Å². The highest BCUT2D eigenvalue weighted by molar-refractivity contribution is 5.37. The number of alkyl halides is 2. The lowest BCUT2D eigenvalue weighted by Gasteiger charge is -2.16. The van der Waals surface area contributed by atoms with Gasteiger partial charge in [0.2, 0.25) is 0 Å². The molecule has 1 aromatic carbocycles. The summed E-state index contributed by atoms with van der Waals surface area (Å²) in [6, 6.07) is 9.06. The van der Waals surface area contributed by atoms with Gasteiger partial charge >= 0.3 is 0 Å². The molecule has 0 fully saturated rings. The zero-order valence-corrected chi connectivity index (χ0v) is 8.45. The van der Waals surface area contributed by atoms with E-state index < -0.39 is 6.43 Å². The predicted octanol–water partition coefficient (Wildman–Crippen LogP) is 2.26. The van der Waals surface area contributed by atoms with E-state index in [9.17, 15) is 8.78 Å². The van der Waals surface area contributed by atoms with E-state index in [0.717, 1.165) is 5.56 Å². The van der Waals surface area contributed by atoms with Gasteiger partial charge in [-0.1, -0.05) is 18.2 Å². The van der Waals surface area contributed by atoms with E-state index in [1.165, 1.54) is 4.90 Å². The van der Waals surface area contributed by atoms with Gasteiger partial charge in [0.1, 0.15) is 0 Å². The van der Waals surface area contributed by atoms with Crippen molar-refractivity contribution < 1.29 is 8.78 Å². The summed E-state index contributed by atoms with van der Waals surface area (Å²) in [7, 11) is 1.61. The maximum atomic E-state index is 12.1. The monoisotopic (exact) mass is 210 g/mol. The Kier molecular flexibility index (Phi) is 4.19. The third-order valence-electron chi connectivity index (χ3n) is 2.03. The molecule has 0 N–H and O–H groups in total. The molecule has 1 rings (SSSR count). The number of hydrogen-bond donors (Lipinski definition) is 0. The van der Waals surface area contributed by atoms with Gasteiger partial charge < -0.3 is 0 Å². The van der Waals surface area contributed by atoms with Gasteiger partial charge in [0, 0.05) is 6.54 Å². The molecule has 2 nitrogen and oxygen atoms in total. The van der Waals surface area contributed by atoms with Crippen molar-refractivity contribution in [1.82, 2.24) is 4.90 Å². The lowest BCUT2D eigenvalue weighted by molar-refractivity contribution is 0.0975. The molecule has 0 aliphatic heterocycles. The molecule has 0 saturated carbocycles. The molecule has 0 bridgehead atoms. The van der Waals surface area contributed by atoms with Crippen LogP contribution < -0.4 is 0 Å². The van der Waals surface area contributed by atoms with Gasteiger partial charge in [0.05, 0.1) is 18.2 Å². The van der Waals surface area contributed by atoms with Crippen LogP contribution in [0.3, 0.4) is 0 Å². The minimum Gasteiger partial charge on any atom is -0.296 e. The summed E-state index contributed by atoms with van der Waals surface area (Å²) in [4.78, 5) is 1.50. The zero-order valence-electron chi connectivity index (χ0n) is 8.45. The standard InChI is InChI=1S/C11H12F2N2/c1-15(8-11(12)13)7-10-5-3-2-4-9(10)6-14/h2-5,11H,7-8H2,1H3. The number of rotatable bonds is 4. The minimum atomic E-state index is -2.34. The second-order valence-corrected chi connectivity index (χ2v) is 3.36. The van der Waals surface area contributed by atoms with E-state index in [0.29, 0.717) is 12.1 Å². The first-order valence-corrected chi connectivity index (χ1v) is 4.58. The Morgan fingerprint density at radius 1 is 1.40 bits per heavy atom. The molecule has 0 aliphatic carbocycles. The van der Waals surface area contributed by atoms with Gasteiger partial charge in [0.15, 0.2) is 0 Å². The zero-order chi connectivity index (χ0) is 11.3. The highest BCUT2D eigenvalue weighted by Gasteiger charge is 2.09. The average molecular weight is 210 g/mol. The molecule has 0 radical (unpaired) electrons. The van der Waals surface area contributed by atoms with Crippen LogP contribution >= 0.6 is 0 Å². The lowest BCUT2D eigenvalue weighted by Crippen LogP contribution is -2.24. The van der Waals surface area contributed by atoms with Gasteiger partial charge in [-0.05, 0) is 18.7 Å².